The van der Waals surface area contributed by atoms with Crippen LogP contribution in [-0.2, 0) is 14.3 Å². The Morgan fingerprint density at radius 1 is 1.22 bits per heavy atom. The van der Waals surface area contributed by atoms with Gasteiger partial charge in [0.1, 0.15) is 0 Å². The van der Waals surface area contributed by atoms with Crippen LogP contribution in [0.5, 0.6) is 0 Å². The van der Waals surface area contributed by atoms with E-state index in [0.29, 0.717) is 11.5 Å². The molecule has 0 heterocycles. The number of nitrogens with zero attached hydrogens (tertiary/aromatic N) is 1. The van der Waals surface area contributed by atoms with Gasteiger partial charge in [0, 0.05) is 12.1 Å². The highest BCUT2D eigenvalue weighted by Gasteiger charge is 2.23. The van der Waals surface area contributed by atoms with Crippen LogP contribution in [0.1, 0.15) is 43.7 Å². The van der Waals surface area contributed by atoms with Gasteiger partial charge in [-0.25, -0.2) is 9.59 Å². The third-order valence-corrected chi connectivity index (χ3v) is 4.48. The molecule has 0 unspecified atom stereocenters. The molecule has 1 aliphatic rings. The predicted molar refractivity (Wildman–Crippen MR) is 99.2 cm³/mol. The summed E-state index contributed by atoms with van der Waals surface area (Å²) in [6.45, 7) is 1.54. The van der Waals surface area contributed by atoms with E-state index >= 15 is 0 Å². The number of carbonyl (C=O) groups is 3. The van der Waals surface area contributed by atoms with Gasteiger partial charge >= 0.3 is 12.0 Å². The Bertz CT molecular complexity index is 749. The van der Waals surface area contributed by atoms with Crippen molar-refractivity contribution in [3.63, 3.8) is 0 Å². The van der Waals surface area contributed by atoms with Crippen molar-refractivity contribution in [3.8, 4) is 6.07 Å². The maximum Gasteiger partial charge on any atom is 0.331 e. The Balaban J connectivity index is 1.70. The van der Waals surface area contributed by atoms with E-state index in [0.717, 1.165) is 31.2 Å². The summed E-state index contributed by atoms with van der Waals surface area (Å²) < 4.78 is 4.81. The molecule has 1 aromatic carbocycles. The number of esters is 1. The second kappa shape index (κ2) is 10.1. The number of ether oxygens (including phenoxy) is 1. The summed E-state index contributed by atoms with van der Waals surface area (Å²) >= 11 is 0. The van der Waals surface area contributed by atoms with Crippen molar-refractivity contribution in [3.05, 3.63) is 41.5 Å². The number of carbonyl (C=O) groups excluding carboxylic acids is 3. The first-order chi connectivity index (χ1) is 13.0. The van der Waals surface area contributed by atoms with Crippen molar-refractivity contribution in [1.29, 1.82) is 5.26 Å². The fourth-order valence-electron chi connectivity index (χ4n) is 2.92. The lowest BCUT2D eigenvalue weighted by atomic mass is 9.86. The molecule has 27 heavy (non-hydrogen) atoms. The first-order valence-electron chi connectivity index (χ1n) is 8.93. The number of urea groups is 1. The lowest BCUT2D eigenvalue weighted by Gasteiger charge is -2.29. The molecule has 142 valence electrons. The molecular formula is C20H23N3O4. The summed E-state index contributed by atoms with van der Waals surface area (Å²) in [5.41, 5.74) is 1.24. The minimum absolute atomic E-state index is 0.0597. The second-order valence-corrected chi connectivity index (χ2v) is 6.56. The Labute approximate surface area is 158 Å². The van der Waals surface area contributed by atoms with Gasteiger partial charge in [0.15, 0.2) is 6.61 Å². The smallest absolute Gasteiger partial charge is 0.331 e. The van der Waals surface area contributed by atoms with E-state index in [4.69, 9.17) is 10.00 Å². The molecule has 7 nitrogen and oxygen atoms in total. The number of hydrogen-bond donors (Lipinski definition) is 2. The molecular weight excluding hydrogens is 346 g/mol. The topological polar surface area (TPSA) is 108 Å². The molecule has 0 radical (unpaired) electrons. The van der Waals surface area contributed by atoms with Gasteiger partial charge in [-0.3, -0.25) is 10.1 Å². The lowest BCUT2D eigenvalue weighted by Crippen LogP contribution is -2.48. The van der Waals surface area contributed by atoms with E-state index in [2.05, 4.69) is 17.6 Å². The van der Waals surface area contributed by atoms with E-state index in [1.54, 1.807) is 24.3 Å². The van der Waals surface area contributed by atoms with Crippen molar-refractivity contribution in [2.24, 2.45) is 5.92 Å². The average Bonchev–Trinajstić information content (AvgIpc) is 2.67. The Morgan fingerprint density at radius 2 is 1.93 bits per heavy atom. The monoisotopic (exact) mass is 369 g/mol. The van der Waals surface area contributed by atoms with E-state index in [1.165, 1.54) is 12.2 Å². The maximum absolute atomic E-state index is 11.9. The number of imide groups is 1. The predicted octanol–water partition coefficient (Wildman–Crippen LogP) is 2.52. The minimum atomic E-state index is -0.698. The van der Waals surface area contributed by atoms with Gasteiger partial charge in [0.25, 0.3) is 5.91 Å². The first kappa shape index (κ1) is 20.2. The molecule has 7 heteroatoms. The molecule has 1 fully saturated rings. The molecule has 2 atom stereocenters. The van der Waals surface area contributed by atoms with Crippen LogP contribution in [0.25, 0.3) is 6.08 Å². The second-order valence-electron chi connectivity index (χ2n) is 6.56. The van der Waals surface area contributed by atoms with Gasteiger partial charge in [-0.05, 0) is 42.5 Å². The van der Waals surface area contributed by atoms with Gasteiger partial charge in [0.2, 0.25) is 0 Å². The van der Waals surface area contributed by atoms with Crippen molar-refractivity contribution in [2.75, 3.05) is 6.61 Å². The summed E-state index contributed by atoms with van der Waals surface area (Å²) in [5.74, 6) is -1.00. The van der Waals surface area contributed by atoms with E-state index in [1.807, 2.05) is 6.07 Å². The fourth-order valence-corrected chi connectivity index (χ4v) is 2.92. The fraction of sp³-hybridized carbons (Fsp3) is 0.400. The maximum atomic E-state index is 11.9. The van der Waals surface area contributed by atoms with Gasteiger partial charge in [-0.1, -0.05) is 31.9 Å². The number of hydrogen-bond acceptors (Lipinski definition) is 5. The van der Waals surface area contributed by atoms with Crippen LogP contribution >= 0.6 is 0 Å². The third kappa shape index (κ3) is 6.94. The zero-order valence-electron chi connectivity index (χ0n) is 15.2. The van der Waals surface area contributed by atoms with Gasteiger partial charge < -0.3 is 10.1 Å². The third-order valence-electron chi connectivity index (χ3n) is 4.48. The van der Waals surface area contributed by atoms with Crippen molar-refractivity contribution in [2.45, 2.75) is 38.6 Å². The number of benzene rings is 1. The Kier molecular flexibility index (Phi) is 7.56. The van der Waals surface area contributed by atoms with Crippen LogP contribution in [0.4, 0.5) is 4.79 Å². The van der Waals surface area contributed by atoms with Crippen molar-refractivity contribution in [1.82, 2.24) is 10.6 Å². The molecule has 0 spiro atoms. The average molecular weight is 369 g/mol. The zero-order chi connectivity index (χ0) is 19.6. The molecule has 0 aromatic heterocycles. The van der Waals surface area contributed by atoms with Crippen LogP contribution in [0.2, 0.25) is 0 Å². The van der Waals surface area contributed by atoms with E-state index in [9.17, 15) is 14.4 Å². The van der Waals surface area contributed by atoms with Crippen LogP contribution in [0, 0.1) is 17.2 Å². The van der Waals surface area contributed by atoms with Gasteiger partial charge in [0.05, 0.1) is 11.6 Å². The van der Waals surface area contributed by atoms with Crippen molar-refractivity contribution >= 4 is 24.0 Å². The van der Waals surface area contributed by atoms with Crippen LogP contribution < -0.4 is 10.6 Å². The summed E-state index contributed by atoms with van der Waals surface area (Å²) in [6, 6.07) is 8.13. The van der Waals surface area contributed by atoms with Gasteiger partial charge in [-0.2, -0.15) is 5.26 Å². The summed E-state index contributed by atoms with van der Waals surface area (Å²) in [6.07, 6.45) is 6.87. The highest BCUT2D eigenvalue weighted by molar-refractivity contribution is 5.96. The molecule has 2 N–H and O–H groups in total. The minimum Gasteiger partial charge on any atom is -0.452 e. The molecule has 0 saturated heterocycles. The first-order valence-corrected chi connectivity index (χ1v) is 8.93. The number of rotatable bonds is 5. The molecule has 0 aliphatic heterocycles. The van der Waals surface area contributed by atoms with Crippen LogP contribution in [0.3, 0.4) is 0 Å². The molecule has 3 amide bonds. The normalized spacial score (nSPS) is 19.1. The van der Waals surface area contributed by atoms with Crippen LogP contribution in [-0.4, -0.2) is 30.6 Å². The molecule has 1 saturated carbocycles. The Morgan fingerprint density at radius 3 is 2.59 bits per heavy atom. The highest BCUT2D eigenvalue weighted by atomic mass is 16.5. The largest absolute Gasteiger partial charge is 0.452 e. The van der Waals surface area contributed by atoms with E-state index in [-0.39, 0.29) is 6.04 Å². The van der Waals surface area contributed by atoms with Crippen molar-refractivity contribution < 1.29 is 19.1 Å². The number of nitrogens with one attached hydrogen (secondary N) is 2. The standard InChI is InChI=1S/C20H23N3O4/c1-14-4-2-3-5-17(14)22-20(26)23-18(24)13-27-19(25)11-10-15-6-8-16(12-21)9-7-15/h6-11,14,17H,2-5,13H2,1H3,(H2,22,23,24,26)/b11-10+/t14-,17+/m0/s1. The molecule has 1 aromatic rings. The lowest BCUT2D eigenvalue weighted by molar-refractivity contribution is -0.143. The summed E-state index contributed by atoms with van der Waals surface area (Å²) in [4.78, 5) is 35.2. The summed E-state index contributed by atoms with van der Waals surface area (Å²) in [7, 11) is 0. The SMILES string of the molecule is C[C@H]1CCCC[C@H]1NC(=O)NC(=O)COC(=O)/C=C/c1ccc(C#N)cc1. The Hall–Kier alpha value is -3.14. The van der Waals surface area contributed by atoms with Crippen LogP contribution in [0.15, 0.2) is 30.3 Å². The zero-order valence-corrected chi connectivity index (χ0v) is 15.2. The highest BCUT2D eigenvalue weighted by Crippen LogP contribution is 2.23. The quantitative estimate of drug-likeness (QED) is 0.612. The number of amides is 3. The number of nitriles is 1. The molecule has 2 rings (SSSR count). The molecule has 0 bridgehead atoms. The summed E-state index contributed by atoms with van der Waals surface area (Å²) in [5, 5.41) is 13.7. The molecule has 1 aliphatic carbocycles. The van der Waals surface area contributed by atoms with Gasteiger partial charge in [-0.15, -0.1) is 0 Å². The van der Waals surface area contributed by atoms with E-state index < -0.39 is 24.5 Å².